The molecule has 2 aromatic rings. The molecular formula is C16H21NO4. The maximum Gasteiger partial charge on any atom is 0.146 e. The van der Waals surface area contributed by atoms with Gasteiger partial charge in [0.05, 0.1) is 13.2 Å². The van der Waals surface area contributed by atoms with Crippen LogP contribution in [0.15, 0.2) is 30.3 Å². The fraction of sp³-hybridized carbons (Fsp3) is 0.375. The van der Waals surface area contributed by atoms with E-state index in [9.17, 15) is 0 Å². The molecule has 0 unspecified atom stereocenters. The quantitative estimate of drug-likeness (QED) is 0.460. The zero-order valence-corrected chi connectivity index (χ0v) is 12.4. The highest BCUT2D eigenvalue weighted by atomic mass is 16.7. The molecule has 2 rings (SSSR count). The molecule has 0 fully saturated rings. The van der Waals surface area contributed by atoms with Gasteiger partial charge in [0, 0.05) is 25.5 Å². The third-order valence-corrected chi connectivity index (χ3v) is 3.20. The molecule has 5 nitrogen and oxygen atoms in total. The van der Waals surface area contributed by atoms with Gasteiger partial charge in [0.2, 0.25) is 0 Å². The van der Waals surface area contributed by atoms with E-state index in [2.05, 4.69) is 6.07 Å². The van der Waals surface area contributed by atoms with Gasteiger partial charge in [-0.25, -0.2) is 0 Å². The number of rotatable bonds is 8. The summed E-state index contributed by atoms with van der Waals surface area (Å²) in [5.74, 6) is 0. The summed E-state index contributed by atoms with van der Waals surface area (Å²) in [5, 5.41) is 2.19. The molecule has 0 saturated heterocycles. The van der Waals surface area contributed by atoms with Gasteiger partial charge in [-0.2, -0.15) is 0 Å². The van der Waals surface area contributed by atoms with Crippen LogP contribution in [0.25, 0.3) is 10.8 Å². The van der Waals surface area contributed by atoms with Gasteiger partial charge in [-0.15, -0.1) is 0 Å². The summed E-state index contributed by atoms with van der Waals surface area (Å²) in [6, 6.07) is 10.0. The van der Waals surface area contributed by atoms with Crippen molar-refractivity contribution in [1.29, 1.82) is 0 Å². The van der Waals surface area contributed by atoms with E-state index in [1.54, 1.807) is 14.2 Å². The van der Waals surface area contributed by atoms with Crippen molar-refractivity contribution in [3.63, 3.8) is 0 Å². The van der Waals surface area contributed by atoms with E-state index in [0.29, 0.717) is 18.9 Å². The first-order chi connectivity index (χ1) is 10.3. The lowest BCUT2D eigenvalue weighted by Gasteiger charge is -2.16. The minimum atomic E-state index is 0.227. The van der Waals surface area contributed by atoms with E-state index in [1.165, 1.54) is 0 Å². The van der Waals surface area contributed by atoms with Gasteiger partial charge in [-0.3, -0.25) is 0 Å². The average Bonchev–Trinajstić information content (AvgIpc) is 2.49. The third-order valence-electron chi connectivity index (χ3n) is 3.20. The molecule has 5 heteroatoms. The predicted octanol–water partition coefficient (Wildman–Crippen LogP) is 2.66. The van der Waals surface area contributed by atoms with E-state index in [-0.39, 0.29) is 13.6 Å². The number of hydrogen-bond donors (Lipinski definition) is 1. The molecule has 0 atom stereocenters. The van der Waals surface area contributed by atoms with Crippen molar-refractivity contribution in [2.24, 2.45) is 0 Å². The Hall–Kier alpha value is -1.66. The summed E-state index contributed by atoms with van der Waals surface area (Å²) in [5.41, 5.74) is 8.82. The number of nitrogen functional groups attached to an aromatic ring is 1. The van der Waals surface area contributed by atoms with Gasteiger partial charge in [-0.05, 0) is 22.4 Å². The van der Waals surface area contributed by atoms with Crippen LogP contribution in [0.3, 0.4) is 0 Å². The summed E-state index contributed by atoms with van der Waals surface area (Å²) < 4.78 is 20.8. The van der Waals surface area contributed by atoms with Crippen LogP contribution in [0.5, 0.6) is 0 Å². The Balaban J connectivity index is 2.37. The van der Waals surface area contributed by atoms with Crippen molar-refractivity contribution >= 4 is 16.5 Å². The highest BCUT2D eigenvalue weighted by Crippen LogP contribution is 2.29. The largest absolute Gasteiger partial charge is 0.398 e. The van der Waals surface area contributed by atoms with Crippen molar-refractivity contribution < 1.29 is 18.9 Å². The average molecular weight is 291 g/mol. The van der Waals surface area contributed by atoms with E-state index in [4.69, 9.17) is 24.7 Å². The Morgan fingerprint density at radius 2 is 1.52 bits per heavy atom. The Labute approximate surface area is 124 Å². The second-order valence-corrected chi connectivity index (χ2v) is 4.65. The lowest BCUT2D eigenvalue weighted by atomic mass is 9.98. The van der Waals surface area contributed by atoms with Crippen LogP contribution in [0.4, 0.5) is 5.69 Å². The minimum absolute atomic E-state index is 0.227. The van der Waals surface area contributed by atoms with Gasteiger partial charge < -0.3 is 24.7 Å². The van der Waals surface area contributed by atoms with Crippen molar-refractivity contribution in [1.82, 2.24) is 0 Å². The molecule has 2 N–H and O–H groups in total. The second kappa shape index (κ2) is 7.95. The number of ether oxygens (including phenoxy) is 4. The third kappa shape index (κ3) is 3.92. The van der Waals surface area contributed by atoms with Gasteiger partial charge >= 0.3 is 0 Å². The molecule has 0 saturated carbocycles. The molecule has 2 aromatic carbocycles. The van der Waals surface area contributed by atoms with Crippen LogP contribution in [-0.2, 0) is 32.2 Å². The molecule has 0 aliphatic rings. The number of methoxy groups -OCH3 is 2. The van der Waals surface area contributed by atoms with Crippen molar-refractivity contribution in [2.75, 3.05) is 33.5 Å². The van der Waals surface area contributed by atoms with Crippen LogP contribution in [0, 0.1) is 0 Å². The molecule has 114 valence electrons. The second-order valence-electron chi connectivity index (χ2n) is 4.65. The van der Waals surface area contributed by atoms with E-state index >= 15 is 0 Å². The highest BCUT2D eigenvalue weighted by Gasteiger charge is 2.12. The van der Waals surface area contributed by atoms with Gasteiger partial charge in [-0.1, -0.05) is 24.3 Å². The normalized spacial score (nSPS) is 11.1. The van der Waals surface area contributed by atoms with Gasteiger partial charge in [0.25, 0.3) is 0 Å². The zero-order valence-electron chi connectivity index (χ0n) is 12.4. The molecule has 0 aliphatic carbocycles. The molecule has 0 spiro atoms. The van der Waals surface area contributed by atoms with E-state index < -0.39 is 0 Å². The molecule has 0 radical (unpaired) electrons. The number of nitrogens with two attached hydrogens (primary N) is 1. The summed E-state index contributed by atoms with van der Waals surface area (Å²) >= 11 is 0. The maximum atomic E-state index is 6.17. The first-order valence-electron chi connectivity index (χ1n) is 6.70. The molecule has 0 amide bonds. The summed E-state index contributed by atoms with van der Waals surface area (Å²) in [6.07, 6.45) is 0. The number of benzene rings is 2. The van der Waals surface area contributed by atoms with Crippen molar-refractivity contribution in [3.8, 4) is 0 Å². The smallest absolute Gasteiger partial charge is 0.146 e. The first-order valence-corrected chi connectivity index (χ1v) is 6.70. The predicted molar refractivity (Wildman–Crippen MR) is 81.7 cm³/mol. The summed E-state index contributed by atoms with van der Waals surface area (Å²) in [4.78, 5) is 0. The molecule has 0 aliphatic heterocycles. The van der Waals surface area contributed by atoms with Gasteiger partial charge in [0.1, 0.15) is 13.6 Å². The Kier molecular flexibility index (Phi) is 5.95. The standard InChI is InChI=1S/C16H21NO4/c1-18-10-20-8-14-13-6-4-3-5-12(13)7-16(17)15(14)9-21-11-19-2/h3-7H,8-11,17H2,1-2H3. The topological polar surface area (TPSA) is 62.9 Å². The van der Waals surface area contributed by atoms with Crippen LogP contribution < -0.4 is 5.73 Å². The minimum Gasteiger partial charge on any atom is -0.398 e. The van der Waals surface area contributed by atoms with Crippen LogP contribution in [-0.4, -0.2) is 27.8 Å². The van der Waals surface area contributed by atoms with Crippen LogP contribution >= 0.6 is 0 Å². The van der Waals surface area contributed by atoms with E-state index in [1.807, 2.05) is 24.3 Å². The maximum absolute atomic E-state index is 6.17. The SMILES string of the molecule is COCOCc1c(N)cc2ccccc2c1COCOC. The molecular weight excluding hydrogens is 270 g/mol. The van der Waals surface area contributed by atoms with Crippen molar-refractivity contribution in [3.05, 3.63) is 41.5 Å². The molecule has 0 heterocycles. The Morgan fingerprint density at radius 3 is 2.19 bits per heavy atom. The lowest BCUT2D eigenvalue weighted by molar-refractivity contribution is -0.0451. The van der Waals surface area contributed by atoms with Crippen LogP contribution in [0.1, 0.15) is 11.1 Å². The molecule has 0 bridgehead atoms. The summed E-state index contributed by atoms with van der Waals surface area (Å²) in [7, 11) is 3.19. The first kappa shape index (κ1) is 15.7. The number of hydrogen-bond acceptors (Lipinski definition) is 5. The summed E-state index contributed by atoms with van der Waals surface area (Å²) in [6.45, 7) is 1.27. The van der Waals surface area contributed by atoms with Crippen LogP contribution in [0.2, 0.25) is 0 Å². The monoisotopic (exact) mass is 291 g/mol. The molecule has 0 aromatic heterocycles. The zero-order chi connectivity index (χ0) is 15.1. The number of fused-ring (bicyclic) bond motifs is 1. The van der Waals surface area contributed by atoms with Crippen molar-refractivity contribution in [2.45, 2.75) is 13.2 Å². The lowest BCUT2D eigenvalue weighted by Crippen LogP contribution is -2.07. The van der Waals surface area contributed by atoms with E-state index in [0.717, 1.165) is 21.9 Å². The fourth-order valence-electron chi connectivity index (χ4n) is 2.28. The fourth-order valence-corrected chi connectivity index (χ4v) is 2.28. The Bertz CT molecular complexity index is 586. The highest BCUT2D eigenvalue weighted by molar-refractivity contribution is 5.90. The molecule has 21 heavy (non-hydrogen) atoms. The Morgan fingerprint density at radius 1 is 0.905 bits per heavy atom. The van der Waals surface area contributed by atoms with Gasteiger partial charge in [0.15, 0.2) is 0 Å². The number of anilines is 1.